The number of thiazole rings is 1. The van der Waals surface area contributed by atoms with Crippen molar-refractivity contribution in [2.45, 2.75) is 25.2 Å². The molecule has 0 spiro atoms. The van der Waals surface area contributed by atoms with Crippen molar-refractivity contribution >= 4 is 42.6 Å². The molecule has 0 bridgehead atoms. The first-order chi connectivity index (χ1) is 15.3. The number of fused-ring (bicyclic) bond motifs is 1. The number of sulfonamides is 1. The highest BCUT2D eigenvalue weighted by atomic mass is 32.2. The Kier molecular flexibility index (Phi) is 6.36. The van der Waals surface area contributed by atoms with Gasteiger partial charge in [0.25, 0.3) is 5.91 Å². The molecule has 1 amide bonds. The summed E-state index contributed by atoms with van der Waals surface area (Å²) in [5.74, 6) is 0.923. The smallest absolute Gasteiger partial charge is 0.269 e. The maximum Gasteiger partial charge on any atom is 0.269 e. The molecule has 8 nitrogen and oxygen atoms in total. The van der Waals surface area contributed by atoms with Crippen molar-refractivity contribution in [2.75, 3.05) is 25.6 Å². The molecule has 1 aromatic heterocycles. The summed E-state index contributed by atoms with van der Waals surface area (Å²) in [6.45, 7) is 5.18. The predicted octanol–water partition coefficient (Wildman–Crippen LogP) is 3.73. The number of amides is 1. The second-order valence-corrected chi connectivity index (χ2v) is 11.2. The van der Waals surface area contributed by atoms with Crippen LogP contribution in [0.3, 0.4) is 0 Å². The Morgan fingerprint density at radius 1 is 1.12 bits per heavy atom. The molecule has 0 saturated carbocycles. The van der Waals surface area contributed by atoms with Crippen LogP contribution in [-0.4, -0.2) is 43.8 Å². The van der Waals surface area contributed by atoms with Crippen LogP contribution in [0.2, 0.25) is 0 Å². The normalized spacial score (nSPS) is 19.6. The first-order valence-corrected chi connectivity index (χ1v) is 12.6. The van der Waals surface area contributed by atoms with Crippen LogP contribution >= 0.6 is 11.3 Å². The van der Waals surface area contributed by atoms with Crippen LogP contribution in [0.1, 0.15) is 30.6 Å². The molecular formula is C22H26N4O4S2. The molecule has 1 aliphatic heterocycles. The zero-order valence-electron chi connectivity index (χ0n) is 18.2. The standard InChI is InChI=1S/C22H26N4O4S2/c1-14-11-15(2)13-26(12-14)32(28,29)17-9-7-16(8-10-17)21(27)24-25-22-23-20-18(30-3)5-4-6-19(20)31-22/h4-10,14-15H,11-13H2,1-3H3,(H,23,25)(H,24,27)/t14-,15+. The van der Waals surface area contributed by atoms with E-state index in [0.29, 0.717) is 46.9 Å². The quantitative estimate of drug-likeness (QED) is 0.528. The summed E-state index contributed by atoms with van der Waals surface area (Å²) in [5.41, 5.74) is 6.48. The van der Waals surface area contributed by atoms with Gasteiger partial charge in [-0.2, -0.15) is 4.31 Å². The van der Waals surface area contributed by atoms with Crippen molar-refractivity contribution in [3.63, 3.8) is 0 Å². The summed E-state index contributed by atoms with van der Waals surface area (Å²) in [7, 11) is -2.00. The molecule has 2 aromatic carbocycles. The van der Waals surface area contributed by atoms with Gasteiger partial charge in [-0.1, -0.05) is 31.3 Å². The molecule has 170 valence electrons. The monoisotopic (exact) mass is 474 g/mol. The van der Waals surface area contributed by atoms with E-state index in [4.69, 9.17) is 4.74 Å². The number of anilines is 1. The van der Waals surface area contributed by atoms with Gasteiger partial charge in [0.05, 0.1) is 16.7 Å². The van der Waals surface area contributed by atoms with Gasteiger partial charge in [0.2, 0.25) is 15.2 Å². The minimum atomic E-state index is -3.58. The minimum absolute atomic E-state index is 0.196. The largest absolute Gasteiger partial charge is 0.494 e. The SMILES string of the molecule is COc1cccc2sc(NNC(=O)c3ccc(S(=O)(=O)N4C[C@H](C)C[C@H](C)C4)cc3)nc12. The maximum atomic E-state index is 13.0. The second kappa shape index (κ2) is 9.05. The fourth-order valence-electron chi connectivity index (χ4n) is 4.05. The van der Waals surface area contributed by atoms with Gasteiger partial charge in [0, 0.05) is 18.7 Å². The molecule has 3 aromatic rings. The van der Waals surface area contributed by atoms with Crippen LogP contribution in [-0.2, 0) is 10.0 Å². The molecule has 10 heteroatoms. The van der Waals surface area contributed by atoms with E-state index in [2.05, 4.69) is 29.7 Å². The van der Waals surface area contributed by atoms with Gasteiger partial charge in [-0.15, -0.1) is 0 Å². The number of hydrazine groups is 1. The molecule has 2 N–H and O–H groups in total. The second-order valence-electron chi connectivity index (χ2n) is 8.20. The van der Waals surface area contributed by atoms with Gasteiger partial charge in [0.1, 0.15) is 11.3 Å². The molecule has 1 fully saturated rings. The number of rotatable bonds is 6. The fourth-order valence-corrected chi connectivity index (χ4v) is 6.57. The Labute approximate surface area is 191 Å². The van der Waals surface area contributed by atoms with Crippen molar-refractivity contribution < 1.29 is 17.9 Å². The number of hydrogen-bond acceptors (Lipinski definition) is 7. The Bertz CT molecular complexity index is 1210. The molecule has 32 heavy (non-hydrogen) atoms. The molecule has 1 saturated heterocycles. The molecule has 0 radical (unpaired) electrons. The summed E-state index contributed by atoms with van der Waals surface area (Å²) >= 11 is 1.38. The lowest BCUT2D eigenvalue weighted by Gasteiger charge is -2.34. The summed E-state index contributed by atoms with van der Waals surface area (Å²) in [4.78, 5) is 17.2. The number of nitrogens with one attached hydrogen (secondary N) is 2. The Morgan fingerprint density at radius 3 is 2.47 bits per heavy atom. The lowest BCUT2D eigenvalue weighted by Crippen LogP contribution is -2.42. The van der Waals surface area contributed by atoms with E-state index >= 15 is 0 Å². The number of nitrogens with zero attached hydrogens (tertiary/aromatic N) is 2. The predicted molar refractivity (Wildman–Crippen MR) is 125 cm³/mol. The number of piperidine rings is 1. The molecule has 1 aliphatic rings. The van der Waals surface area contributed by atoms with Gasteiger partial charge >= 0.3 is 0 Å². The van der Waals surface area contributed by atoms with E-state index in [0.717, 1.165) is 11.1 Å². The topological polar surface area (TPSA) is 101 Å². The number of carbonyl (C=O) groups is 1. The van der Waals surface area contributed by atoms with Crippen molar-refractivity contribution in [1.82, 2.24) is 14.7 Å². The third-order valence-corrected chi connectivity index (χ3v) is 8.26. The zero-order chi connectivity index (χ0) is 22.9. The average Bonchev–Trinajstić information content (AvgIpc) is 3.20. The molecule has 0 aliphatic carbocycles. The number of aromatic nitrogens is 1. The van der Waals surface area contributed by atoms with Gasteiger partial charge in [-0.3, -0.25) is 15.6 Å². The van der Waals surface area contributed by atoms with Crippen LogP contribution in [0.5, 0.6) is 5.75 Å². The summed E-state index contributed by atoms with van der Waals surface area (Å²) in [5, 5.41) is 0.519. The summed E-state index contributed by atoms with van der Waals surface area (Å²) in [6, 6.07) is 11.6. The number of carbonyl (C=O) groups excluding carboxylic acids is 1. The number of methoxy groups -OCH3 is 1. The van der Waals surface area contributed by atoms with Crippen LogP contribution in [0.4, 0.5) is 5.13 Å². The molecule has 0 unspecified atom stereocenters. The highest BCUT2D eigenvalue weighted by Crippen LogP contribution is 2.32. The molecule has 2 heterocycles. The van der Waals surface area contributed by atoms with Gasteiger partial charge in [0.15, 0.2) is 0 Å². The first kappa shape index (κ1) is 22.5. The number of benzene rings is 2. The third kappa shape index (κ3) is 4.57. The van der Waals surface area contributed by atoms with Gasteiger partial charge in [-0.25, -0.2) is 13.4 Å². The average molecular weight is 475 g/mol. The van der Waals surface area contributed by atoms with E-state index in [1.807, 2.05) is 18.2 Å². The van der Waals surface area contributed by atoms with E-state index < -0.39 is 10.0 Å². The summed E-state index contributed by atoms with van der Waals surface area (Å²) in [6.07, 6.45) is 1.03. The molecule has 2 atom stereocenters. The number of hydrogen-bond donors (Lipinski definition) is 2. The zero-order valence-corrected chi connectivity index (χ0v) is 19.8. The van der Waals surface area contributed by atoms with E-state index in [1.165, 1.54) is 35.6 Å². The minimum Gasteiger partial charge on any atom is -0.494 e. The highest BCUT2D eigenvalue weighted by Gasteiger charge is 2.31. The van der Waals surface area contributed by atoms with Crippen molar-refractivity contribution in [2.24, 2.45) is 11.8 Å². The third-order valence-electron chi connectivity index (χ3n) is 5.47. The Balaban J connectivity index is 1.43. The van der Waals surface area contributed by atoms with Crippen LogP contribution in [0.25, 0.3) is 10.2 Å². The van der Waals surface area contributed by atoms with Crippen molar-refractivity contribution in [3.8, 4) is 5.75 Å². The van der Waals surface area contributed by atoms with E-state index in [1.54, 1.807) is 11.4 Å². The number of ether oxygens (including phenoxy) is 1. The fraction of sp³-hybridized carbons (Fsp3) is 0.364. The highest BCUT2D eigenvalue weighted by molar-refractivity contribution is 7.89. The van der Waals surface area contributed by atoms with Crippen LogP contribution in [0.15, 0.2) is 47.4 Å². The number of para-hydroxylation sites is 1. The Morgan fingerprint density at radius 2 is 1.81 bits per heavy atom. The lowest BCUT2D eigenvalue weighted by molar-refractivity contribution is 0.0962. The first-order valence-electron chi connectivity index (χ1n) is 10.4. The van der Waals surface area contributed by atoms with E-state index in [9.17, 15) is 13.2 Å². The maximum absolute atomic E-state index is 13.0. The van der Waals surface area contributed by atoms with E-state index in [-0.39, 0.29) is 10.8 Å². The van der Waals surface area contributed by atoms with Gasteiger partial charge < -0.3 is 4.74 Å². The summed E-state index contributed by atoms with van der Waals surface area (Å²) < 4.78 is 33.8. The lowest BCUT2D eigenvalue weighted by atomic mass is 9.94. The Hall–Kier alpha value is -2.69. The molecule has 4 rings (SSSR count). The molecular weight excluding hydrogens is 448 g/mol. The van der Waals surface area contributed by atoms with Crippen LogP contribution in [0, 0.1) is 11.8 Å². The van der Waals surface area contributed by atoms with Crippen molar-refractivity contribution in [3.05, 3.63) is 48.0 Å². The van der Waals surface area contributed by atoms with Crippen LogP contribution < -0.4 is 15.6 Å². The van der Waals surface area contributed by atoms with Gasteiger partial charge in [-0.05, 0) is 54.7 Å². The van der Waals surface area contributed by atoms with Crippen molar-refractivity contribution in [1.29, 1.82) is 0 Å².